The number of carbonyl (C=O) groups is 1. The first kappa shape index (κ1) is 13.7. The predicted molar refractivity (Wildman–Crippen MR) is 84.2 cm³/mol. The minimum Gasteiger partial charge on any atom is -0.352 e. The first-order chi connectivity index (χ1) is 9.37. The Kier molecular flexibility index (Phi) is 3.18. The molecule has 0 saturated carbocycles. The van der Waals surface area contributed by atoms with E-state index in [0.29, 0.717) is 5.02 Å². The normalized spacial score (nSPS) is 16.7. The molecule has 2 aromatic rings. The summed E-state index contributed by atoms with van der Waals surface area (Å²) in [4.78, 5) is 15.7. The Morgan fingerprint density at radius 2 is 1.85 bits per heavy atom. The number of halogens is 2. The number of rotatable bonds is 1. The molecule has 0 atom stereocenters. The van der Waals surface area contributed by atoms with Crippen LogP contribution in [0.4, 0.5) is 0 Å². The van der Waals surface area contributed by atoms with E-state index >= 15 is 0 Å². The average Bonchev–Trinajstić information content (AvgIpc) is 2.65. The highest BCUT2D eigenvalue weighted by Gasteiger charge is 2.34. The van der Waals surface area contributed by atoms with Gasteiger partial charge in [-0.05, 0) is 47.5 Å². The van der Waals surface area contributed by atoms with Gasteiger partial charge in [0.2, 0.25) is 0 Å². The number of aromatic amines is 1. The van der Waals surface area contributed by atoms with Gasteiger partial charge in [0, 0.05) is 28.2 Å². The van der Waals surface area contributed by atoms with Crippen LogP contribution < -0.4 is 5.32 Å². The van der Waals surface area contributed by atoms with Crippen LogP contribution in [0.2, 0.25) is 5.02 Å². The average molecular weight is 354 g/mol. The van der Waals surface area contributed by atoms with Gasteiger partial charge in [-0.25, -0.2) is 0 Å². The number of benzene rings is 1. The number of H-pyrrole nitrogens is 1. The predicted octanol–water partition coefficient (Wildman–Crippen LogP) is 4.16. The number of hydrogen-bond donors (Lipinski definition) is 2. The molecule has 2 N–H and O–H groups in total. The molecule has 5 heteroatoms. The molecule has 3 nitrogen and oxygen atoms in total. The molecule has 1 aromatic carbocycles. The molecule has 1 aliphatic rings. The second kappa shape index (κ2) is 4.64. The fraction of sp³-hybridized carbons (Fsp3) is 0.267. The molecule has 1 amide bonds. The molecule has 1 aliphatic heterocycles. The molecule has 0 spiro atoms. The van der Waals surface area contributed by atoms with E-state index in [4.69, 9.17) is 11.6 Å². The van der Waals surface area contributed by atoms with Crippen LogP contribution in [0.1, 0.15) is 29.9 Å². The molecule has 0 bridgehead atoms. The maximum atomic E-state index is 12.4. The Labute approximate surface area is 130 Å². The lowest BCUT2D eigenvalue weighted by atomic mass is 9.89. The molecule has 0 radical (unpaired) electrons. The maximum absolute atomic E-state index is 12.4. The van der Waals surface area contributed by atoms with Gasteiger partial charge < -0.3 is 10.3 Å². The summed E-state index contributed by atoms with van der Waals surface area (Å²) in [6.07, 6.45) is 0.778. The third-order valence-electron chi connectivity index (χ3n) is 3.46. The van der Waals surface area contributed by atoms with E-state index in [1.165, 1.54) is 0 Å². The summed E-state index contributed by atoms with van der Waals surface area (Å²) >= 11 is 9.45. The smallest absolute Gasteiger partial charge is 0.254 e. The van der Waals surface area contributed by atoms with Crippen molar-refractivity contribution in [1.29, 1.82) is 0 Å². The van der Waals surface area contributed by atoms with E-state index in [2.05, 4.69) is 26.2 Å². The van der Waals surface area contributed by atoms with Crippen molar-refractivity contribution in [3.05, 3.63) is 45.1 Å². The monoisotopic (exact) mass is 352 g/mol. The summed E-state index contributed by atoms with van der Waals surface area (Å²) < 4.78 is 0.831. The first-order valence-corrected chi connectivity index (χ1v) is 7.53. The van der Waals surface area contributed by atoms with Crippen molar-refractivity contribution < 1.29 is 4.79 Å². The van der Waals surface area contributed by atoms with E-state index in [1.54, 1.807) is 0 Å². The number of aromatic nitrogens is 1. The van der Waals surface area contributed by atoms with E-state index in [0.717, 1.165) is 33.4 Å². The van der Waals surface area contributed by atoms with Crippen LogP contribution in [0, 0.1) is 0 Å². The van der Waals surface area contributed by atoms with Gasteiger partial charge in [-0.1, -0.05) is 23.7 Å². The first-order valence-electron chi connectivity index (χ1n) is 6.36. The molecular formula is C15H14BrClN2O. The van der Waals surface area contributed by atoms with Crippen LogP contribution in [0.3, 0.4) is 0 Å². The molecule has 0 saturated heterocycles. The Morgan fingerprint density at radius 1 is 1.20 bits per heavy atom. The fourth-order valence-electron chi connectivity index (χ4n) is 2.64. The summed E-state index contributed by atoms with van der Waals surface area (Å²) in [7, 11) is 0. The second-order valence-electron chi connectivity index (χ2n) is 5.69. The van der Waals surface area contributed by atoms with E-state index < -0.39 is 0 Å². The maximum Gasteiger partial charge on any atom is 0.254 e. The third-order valence-corrected chi connectivity index (χ3v) is 4.31. The Balaban J connectivity index is 2.17. The Morgan fingerprint density at radius 3 is 2.50 bits per heavy atom. The van der Waals surface area contributed by atoms with Gasteiger partial charge in [-0.2, -0.15) is 0 Å². The quantitative estimate of drug-likeness (QED) is 0.794. The summed E-state index contributed by atoms with van der Waals surface area (Å²) in [5.74, 6) is -0.0387. The molecule has 1 aromatic heterocycles. The zero-order valence-electron chi connectivity index (χ0n) is 11.2. The van der Waals surface area contributed by atoms with Crippen LogP contribution in [-0.4, -0.2) is 16.4 Å². The largest absolute Gasteiger partial charge is 0.352 e. The van der Waals surface area contributed by atoms with Crippen LogP contribution in [0.5, 0.6) is 0 Å². The summed E-state index contributed by atoms with van der Waals surface area (Å²) in [5.41, 5.74) is 3.32. The van der Waals surface area contributed by atoms with Crippen molar-refractivity contribution in [1.82, 2.24) is 10.3 Å². The van der Waals surface area contributed by atoms with Crippen molar-refractivity contribution in [2.24, 2.45) is 0 Å². The lowest BCUT2D eigenvalue weighted by molar-refractivity contribution is 0.0897. The van der Waals surface area contributed by atoms with Gasteiger partial charge >= 0.3 is 0 Å². The van der Waals surface area contributed by atoms with E-state index in [9.17, 15) is 4.79 Å². The minimum absolute atomic E-state index is 0.0387. The van der Waals surface area contributed by atoms with Gasteiger partial charge in [-0.3, -0.25) is 4.79 Å². The zero-order chi connectivity index (χ0) is 14.5. The Hall–Kier alpha value is -1.26. The van der Waals surface area contributed by atoms with E-state index in [-0.39, 0.29) is 11.4 Å². The molecule has 0 aliphatic carbocycles. The molecule has 0 fully saturated rings. The van der Waals surface area contributed by atoms with E-state index in [1.807, 2.05) is 38.1 Å². The third kappa shape index (κ3) is 2.27. The molecule has 20 heavy (non-hydrogen) atoms. The van der Waals surface area contributed by atoms with Crippen LogP contribution in [0.25, 0.3) is 11.1 Å². The SMILES string of the molecule is CC1(C)Cc2[nH]c(Br)c(-c3ccc(Cl)cc3)c2C(=O)N1. The summed E-state index contributed by atoms with van der Waals surface area (Å²) in [6, 6.07) is 7.49. The summed E-state index contributed by atoms with van der Waals surface area (Å²) in [6.45, 7) is 4.04. The van der Waals surface area contributed by atoms with Gasteiger partial charge in [0.05, 0.1) is 10.2 Å². The fourth-order valence-corrected chi connectivity index (χ4v) is 3.44. The van der Waals surface area contributed by atoms with Crippen LogP contribution in [0.15, 0.2) is 28.9 Å². The number of hydrogen-bond acceptors (Lipinski definition) is 1. The van der Waals surface area contributed by atoms with Gasteiger partial charge in [-0.15, -0.1) is 0 Å². The molecule has 3 rings (SSSR count). The molecular weight excluding hydrogens is 340 g/mol. The van der Waals surface area contributed by atoms with Crippen molar-refractivity contribution in [2.75, 3.05) is 0 Å². The lowest BCUT2D eigenvalue weighted by Crippen LogP contribution is -2.49. The zero-order valence-corrected chi connectivity index (χ0v) is 13.5. The molecule has 0 unspecified atom stereocenters. The highest BCUT2D eigenvalue weighted by molar-refractivity contribution is 9.10. The van der Waals surface area contributed by atoms with Gasteiger partial charge in [0.25, 0.3) is 5.91 Å². The molecule has 104 valence electrons. The van der Waals surface area contributed by atoms with Crippen molar-refractivity contribution in [3.63, 3.8) is 0 Å². The van der Waals surface area contributed by atoms with Gasteiger partial charge in [0.15, 0.2) is 0 Å². The topological polar surface area (TPSA) is 44.9 Å². The number of carbonyl (C=O) groups excluding carboxylic acids is 1. The number of nitrogens with one attached hydrogen (secondary N) is 2. The molecule has 2 heterocycles. The second-order valence-corrected chi connectivity index (χ2v) is 6.92. The van der Waals surface area contributed by atoms with Crippen molar-refractivity contribution in [2.45, 2.75) is 25.8 Å². The van der Waals surface area contributed by atoms with Crippen molar-refractivity contribution >= 4 is 33.4 Å². The standard InChI is InChI=1S/C15H14BrClN2O/c1-15(2)7-10-12(14(20)19-15)11(13(16)18-10)8-3-5-9(17)6-4-8/h3-6,18H,7H2,1-2H3,(H,19,20). The lowest BCUT2D eigenvalue weighted by Gasteiger charge is -2.30. The number of amides is 1. The van der Waals surface area contributed by atoms with Crippen LogP contribution >= 0.6 is 27.5 Å². The highest BCUT2D eigenvalue weighted by atomic mass is 79.9. The van der Waals surface area contributed by atoms with Gasteiger partial charge in [0.1, 0.15) is 0 Å². The van der Waals surface area contributed by atoms with Crippen LogP contribution in [-0.2, 0) is 6.42 Å². The minimum atomic E-state index is -0.231. The Bertz CT molecular complexity index is 689. The highest BCUT2D eigenvalue weighted by Crippen LogP contribution is 2.37. The number of fused-ring (bicyclic) bond motifs is 1. The van der Waals surface area contributed by atoms with Crippen molar-refractivity contribution in [3.8, 4) is 11.1 Å². The summed E-state index contributed by atoms with van der Waals surface area (Å²) in [5, 5.41) is 3.72.